The van der Waals surface area contributed by atoms with E-state index in [1.165, 1.54) is 0 Å². The van der Waals surface area contributed by atoms with Gasteiger partial charge in [-0.05, 0) is 38.5 Å². The van der Waals surface area contributed by atoms with Crippen LogP contribution >= 0.6 is 0 Å². The highest BCUT2D eigenvalue weighted by Gasteiger charge is 2.13. The SMILES string of the molecule is Cc1ccc(C#N)cc1NC(=O)NOCC(C)(C)O. The van der Waals surface area contributed by atoms with Crippen molar-refractivity contribution in [2.75, 3.05) is 11.9 Å². The number of benzene rings is 1. The summed E-state index contributed by atoms with van der Waals surface area (Å²) in [5.74, 6) is 0. The molecule has 6 nitrogen and oxygen atoms in total. The van der Waals surface area contributed by atoms with Crippen LogP contribution in [0.2, 0.25) is 0 Å². The molecule has 0 aliphatic heterocycles. The van der Waals surface area contributed by atoms with Gasteiger partial charge in [-0.2, -0.15) is 5.26 Å². The van der Waals surface area contributed by atoms with Crippen molar-refractivity contribution in [2.45, 2.75) is 26.4 Å². The van der Waals surface area contributed by atoms with E-state index in [1.807, 2.05) is 13.0 Å². The minimum absolute atomic E-state index is 0.0301. The van der Waals surface area contributed by atoms with Crippen LogP contribution in [0.4, 0.5) is 10.5 Å². The Balaban J connectivity index is 2.55. The first kappa shape index (κ1) is 15.0. The van der Waals surface area contributed by atoms with E-state index in [-0.39, 0.29) is 6.61 Å². The number of nitrogens with one attached hydrogen (secondary N) is 2. The molecule has 0 bridgehead atoms. The second kappa shape index (κ2) is 6.18. The number of hydrogen-bond acceptors (Lipinski definition) is 4. The van der Waals surface area contributed by atoms with Gasteiger partial charge in [0.25, 0.3) is 0 Å². The molecule has 0 aliphatic carbocycles. The lowest BCUT2D eigenvalue weighted by molar-refractivity contribution is -0.0467. The summed E-state index contributed by atoms with van der Waals surface area (Å²) in [5, 5.41) is 20.8. The number of amides is 2. The van der Waals surface area contributed by atoms with E-state index in [4.69, 9.17) is 10.1 Å². The molecule has 0 radical (unpaired) electrons. The summed E-state index contributed by atoms with van der Waals surface area (Å²) >= 11 is 0. The number of carbonyl (C=O) groups is 1. The molecule has 0 aromatic heterocycles. The Morgan fingerprint density at radius 1 is 1.53 bits per heavy atom. The first-order valence-electron chi connectivity index (χ1n) is 5.74. The van der Waals surface area contributed by atoms with Crippen LogP contribution in [0, 0.1) is 18.3 Å². The third-order valence-corrected chi connectivity index (χ3v) is 2.21. The predicted octanol–water partition coefficient (Wildman–Crippen LogP) is 1.69. The number of nitriles is 1. The Labute approximate surface area is 112 Å². The van der Waals surface area contributed by atoms with Gasteiger partial charge in [-0.3, -0.25) is 4.84 Å². The molecule has 1 rings (SSSR count). The van der Waals surface area contributed by atoms with Crippen LogP contribution in [0.3, 0.4) is 0 Å². The minimum Gasteiger partial charge on any atom is -0.388 e. The second-order valence-electron chi connectivity index (χ2n) is 4.80. The minimum atomic E-state index is -1.02. The molecular formula is C13H17N3O3. The second-order valence-corrected chi connectivity index (χ2v) is 4.80. The fourth-order valence-corrected chi connectivity index (χ4v) is 1.25. The highest BCUT2D eigenvalue weighted by Crippen LogP contribution is 2.16. The lowest BCUT2D eigenvalue weighted by atomic mass is 10.1. The smallest absolute Gasteiger partial charge is 0.343 e. The number of aryl methyl sites for hydroxylation is 1. The molecule has 0 unspecified atom stereocenters. The maximum absolute atomic E-state index is 11.5. The Morgan fingerprint density at radius 3 is 2.79 bits per heavy atom. The van der Waals surface area contributed by atoms with Gasteiger partial charge in [-0.15, -0.1) is 0 Å². The molecule has 0 atom stereocenters. The maximum atomic E-state index is 11.5. The van der Waals surface area contributed by atoms with Crippen molar-refractivity contribution >= 4 is 11.7 Å². The van der Waals surface area contributed by atoms with Crippen LogP contribution in [0.15, 0.2) is 18.2 Å². The third-order valence-electron chi connectivity index (χ3n) is 2.21. The summed E-state index contributed by atoms with van der Waals surface area (Å²) in [4.78, 5) is 16.4. The standard InChI is InChI=1S/C13H17N3O3/c1-9-4-5-10(7-14)6-11(9)15-12(17)16-19-8-13(2,3)18/h4-6,18H,8H2,1-3H3,(H2,15,16,17). The van der Waals surface area contributed by atoms with Crippen LogP contribution in [0.1, 0.15) is 25.0 Å². The van der Waals surface area contributed by atoms with E-state index >= 15 is 0 Å². The van der Waals surface area contributed by atoms with Crippen molar-refractivity contribution in [1.82, 2.24) is 5.48 Å². The Morgan fingerprint density at radius 2 is 2.21 bits per heavy atom. The Hall–Kier alpha value is -2.10. The maximum Gasteiger partial charge on any atom is 0.343 e. The lowest BCUT2D eigenvalue weighted by Crippen LogP contribution is -2.35. The molecule has 1 aromatic rings. The number of anilines is 1. The molecule has 0 fully saturated rings. The summed E-state index contributed by atoms with van der Waals surface area (Å²) in [6.45, 7) is 4.91. The molecule has 0 saturated carbocycles. The quantitative estimate of drug-likeness (QED) is 0.720. The largest absolute Gasteiger partial charge is 0.388 e. The van der Waals surface area contributed by atoms with Crippen molar-refractivity contribution in [3.63, 3.8) is 0 Å². The molecule has 2 amide bonds. The van der Waals surface area contributed by atoms with Crippen LogP contribution in [0.5, 0.6) is 0 Å². The molecule has 0 heterocycles. The number of rotatable bonds is 4. The van der Waals surface area contributed by atoms with Gasteiger partial charge in [0, 0.05) is 5.69 Å². The van der Waals surface area contributed by atoms with Crippen molar-refractivity contribution < 1.29 is 14.7 Å². The summed E-state index contributed by atoms with van der Waals surface area (Å²) in [6, 6.07) is 6.41. The first-order chi connectivity index (χ1) is 8.81. The van der Waals surface area contributed by atoms with Gasteiger partial charge < -0.3 is 10.4 Å². The molecular weight excluding hydrogens is 246 g/mol. The van der Waals surface area contributed by atoms with Crippen LogP contribution < -0.4 is 10.8 Å². The summed E-state index contributed by atoms with van der Waals surface area (Å²) < 4.78 is 0. The normalized spacial score (nSPS) is 10.7. The van der Waals surface area contributed by atoms with Crippen LogP contribution in [-0.2, 0) is 4.84 Å². The monoisotopic (exact) mass is 263 g/mol. The summed E-state index contributed by atoms with van der Waals surface area (Å²) in [5.41, 5.74) is 2.95. The zero-order valence-electron chi connectivity index (χ0n) is 11.2. The summed E-state index contributed by atoms with van der Waals surface area (Å²) in [6.07, 6.45) is 0. The molecule has 19 heavy (non-hydrogen) atoms. The highest BCUT2D eigenvalue weighted by molar-refractivity contribution is 5.89. The first-order valence-corrected chi connectivity index (χ1v) is 5.74. The van der Waals surface area contributed by atoms with Crippen molar-refractivity contribution in [2.24, 2.45) is 0 Å². The van der Waals surface area contributed by atoms with Gasteiger partial charge in [0.2, 0.25) is 0 Å². The van der Waals surface area contributed by atoms with E-state index in [1.54, 1.807) is 32.0 Å². The van der Waals surface area contributed by atoms with Gasteiger partial charge in [0.1, 0.15) is 6.61 Å². The van der Waals surface area contributed by atoms with Gasteiger partial charge in [-0.1, -0.05) is 6.07 Å². The van der Waals surface area contributed by atoms with Crippen LogP contribution in [-0.4, -0.2) is 23.3 Å². The van der Waals surface area contributed by atoms with E-state index in [9.17, 15) is 9.90 Å². The third kappa shape index (κ3) is 5.38. The van der Waals surface area contributed by atoms with Crippen molar-refractivity contribution in [1.29, 1.82) is 5.26 Å². The van der Waals surface area contributed by atoms with Crippen LogP contribution in [0.25, 0.3) is 0 Å². The van der Waals surface area contributed by atoms with Crippen molar-refractivity contribution in [3.05, 3.63) is 29.3 Å². The molecule has 6 heteroatoms. The average Bonchev–Trinajstić information content (AvgIpc) is 2.30. The number of aliphatic hydroxyl groups is 1. The number of nitrogens with zero attached hydrogens (tertiary/aromatic N) is 1. The zero-order chi connectivity index (χ0) is 14.5. The average molecular weight is 263 g/mol. The van der Waals surface area contributed by atoms with E-state index in [0.717, 1.165) is 5.56 Å². The number of urea groups is 1. The number of carbonyl (C=O) groups excluding carboxylic acids is 1. The molecule has 1 aromatic carbocycles. The molecule has 102 valence electrons. The molecule has 0 saturated heterocycles. The van der Waals surface area contributed by atoms with Gasteiger partial charge in [0.15, 0.2) is 0 Å². The van der Waals surface area contributed by atoms with E-state index in [0.29, 0.717) is 11.3 Å². The summed E-state index contributed by atoms with van der Waals surface area (Å²) in [7, 11) is 0. The molecule has 0 aliphatic rings. The Bertz CT molecular complexity index is 501. The van der Waals surface area contributed by atoms with E-state index < -0.39 is 11.6 Å². The van der Waals surface area contributed by atoms with E-state index in [2.05, 4.69) is 10.8 Å². The number of hydrogen-bond donors (Lipinski definition) is 3. The number of hydroxylamine groups is 1. The van der Waals surface area contributed by atoms with Gasteiger partial charge >= 0.3 is 6.03 Å². The Kier molecular flexibility index (Phi) is 4.87. The highest BCUT2D eigenvalue weighted by atomic mass is 16.7. The predicted molar refractivity (Wildman–Crippen MR) is 70.3 cm³/mol. The van der Waals surface area contributed by atoms with Gasteiger partial charge in [0.05, 0.1) is 17.2 Å². The molecule has 3 N–H and O–H groups in total. The molecule has 0 spiro atoms. The lowest BCUT2D eigenvalue weighted by Gasteiger charge is -2.17. The fraction of sp³-hybridized carbons (Fsp3) is 0.385. The zero-order valence-corrected chi connectivity index (χ0v) is 11.2. The topological polar surface area (TPSA) is 94.4 Å². The van der Waals surface area contributed by atoms with Gasteiger partial charge in [-0.25, -0.2) is 10.3 Å². The van der Waals surface area contributed by atoms with Crippen molar-refractivity contribution in [3.8, 4) is 6.07 Å². The fourth-order valence-electron chi connectivity index (χ4n) is 1.25.